The number of fused-ring (bicyclic) bond motifs is 1. The van der Waals surface area contributed by atoms with E-state index in [9.17, 15) is 4.79 Å². The summed E-state index contributed by atoms with van der Waals surface area (Å²) in [6.07, 6.45) is 1.44. The van der Waals surface area contributed by atoms with Crippen molar-refractivity contribution in [1.82, 2.24) is 0 Å². The summed E-state index contributed by atoms with van der Waals surface area (Å²) in [5.41, 5.74) is 6.50. The molecule has 3 aromatic rings. The van der Waals surface area contributed by atoms with E-state index in [1.165, 1.54) is 5.56 Å². The highest BCUT2D eigenvalue weighted by Crippen LogP contribution is 2.48. The van der Waals surface area contributed by atoms with Gasteiger partial charge in [0.15, 0.2) is 5.78 Å². The summed E-state index contributed by atoms with van der Waals surface area (Å²) < 4.78 is 0. The Bertz CT molecular complexity index is 1130. The molecule has 2 aliphatic rings. The number of para-hydroxylation sites is 2. The number of nitrogens with zero attached hydrogens (tertiary/aromatic N) is 1. The van der Waals surface area contributed by atoms with Gasteiger partial charge in [-0.2, -0.15) is 0 Å². The van der Waals surface area contributed by atoms with Gasteiger partial charge in [0.05, 0.1) is 17.4 Å². The number of hydrogen-bond acceptors (Lipinski definition) is 3. The maximum atomic E-state index is 13.6. The van der Waals surface area contributed by atoms with Crippen LogP contribution in [0.2, 0.25) is 0 Å². The van der Waals surface area contributed by atoms with Crippen LogP contribution < -0.4 is 10.2 Å². The molecule has 0 radical (unpaired) electrons. The van der Waals surface area contributed by atoms with Crippen LogP contribution in [0, 0.1) is 5.41 Å². The zero-order valence-corrected chi connectivity index (χ0v) is 18.1. The molecule has 5 rings (SSSR count). The molecule has 0 saturated heterocycles. The van der Waals surface area contributed by atoms with Crippen LogP contribution in [-0.4, -0.2) is 5.78 Å². The van der Waals surface area contributed by atoms with Gasteiger partial charge in [-0.1, -0.05) is 86.6 Å². The third-order valence-electron chi connectivity index (χ3n) is 6.32. The molecule has 0 fully saturated rings. The number of carbonyl (C=O) groups is 1. The summed E-state index contributed by atoms with van der Waals surface area (Å²) in [7, 11) is 0. The maximum Gasteiger partial charge on any atom is 0.163 e. The van der Waals surface area contributed by atoms with Gasteiger partial charge >= 0.3 is 0 Å². The topological polar surface area (TPSA) is 32.3 Å². The summed E-state index contributed by atoms with van der Waals surface area (Å²) >= 11 is 0. The Morgan fingerprint density at radius 1 is 0.871 bits per heavy atom. The van der Waals surface area contributed by atoms with E-state index in [2.05, 4.69) is 96.9 Å². The third-order valence-corrected chi connectivity index (χ3v) is 6.32. The summed E-state index contributed by atoms with van der Waals surface area (Å²) in [5, 5.41) is 3.68. The van der Waals surface area contributed by atoms with E-state index in [4.69, 9.17) is 0 Å². The second kappa shape index (κ2) is 7.73. The highest BCUT2D eigenvalue weighted by atomic mass is 16.1. The lowest BCUT2D eigenvalue weighted by Crippen LogP contribution is -2.36. The molecule has 0 aromatic heterocycles. The van der Waals surface area contributed by atoms with Crippen molar-refractivity contribution in [2.75, 3.05) is 10.2 Å². The van der Waals surface area contributed by atoms with Gasteiger partial charge in [-0.3, -0.25) is 4.79 Å². The first-order valence-corrected chi connectivity index (χ1v) is 11.0. The van der Waals surface area contributed by atoms with Crippen LogP contribution >= 0.6 is 0 Å². The molecule has 31 heavy (non-hydrogen) atoms. The van der Waals surface area contributed by atoms with Gasteiger partial charge in [-0.25, -0.2) is 0 Å². The lowest BCUT2D eigenvalue weighted by atomic mass is 9.73. The maximum absolute atomic E-state index is 13.6. The lowest BCUT2D eigenvalue weighted by molar-refractivity contribution is -0.118. The van der Waals surface area contributed by atoms with Crippen LogP contribution in [0.4, 0.5) is 11.4 Å². The zero-order valence-electron chi connectivity index (χ0n) is 18.1. The molecular formula is C28H28N2O. The van der Waals surface area contributed by atoms with Crippen LogP contribution in [0.5, 0.6) is 0 Å². The Labute approximate surface area is 184 Å². The van der Waals surface area contributed by atoms with Gasteiger partial charge in [-0.15, -0.1) is 0 Å². The molecule has 3 aromatic carbocycles. The highest BCUT2D eigenvalue weighted by Gasteiger charge is 2.41. The predicted molar refractivity (Wildman–Crippen MR) is 127 cm³/mol. The van der Waals surface area contributed by atoms with E-state index in [-0.39, 0.29) is 17.2 Å². The number of rotatable bonds is 3. The number of nitrogens with one attached hydrogen (secondary N) is 1. The first-order chi connectivity index (χ1) is 15.0. The molecule has 0 saturated carbocycles. The zero-order chi connectivity index (χ0) is 21.4. The summed E-state index contributed by atoms with van der Waals surface area (Å²) in [4.78, 5) is 16.0. The number of anilines is 2. The van der Waals surface area contributed by atoms with E-state index in [0.29, 0.717) is 6.42 Å². The van der Waals surface area contributed by atoms with Gasteiger partial charge < -0.3 is 10.2 Å². The fourth-order valence-corrected chi connectivity index (χ4v) is 4.99. The smallest absolute Gasteiger partial charge is 0.163 e. The van der Waals surface area contributed by atoms with Crippen LogP contribution in [0.15, 0.2) is 96.2 Å². The third kappa shape index (κ3) is 3.76. The Morgan fingerprint density at radius 2 is 1.52 bits per heavy atom. The summed E-state index contributed by atoms with van der Waals surface area (Å²) in [5.74, 6) is 0.249. The van der Waals surface area contributed by atoms with E-state index in [1.54, 1.807) is 0 Å². The molecule has 1 N–H and O–H groups in total. The second-order valence-electron chi connectivity index (χ2n) is 9.40. The fraction of sp³-hybridized carbons (Fsp3) is 0.250. The molecule has 0 bridgehead atoms. The van der Waals surface area contributed by atoms with Crippen molar-refractivity contribution in [3.63, 3.8) is 0 Å². The first-order valence-electron chi connectivity index (χ1n) is 11.0. The predicted octanol–water partition coefficient (Wildman–Crippen LogP) is 6.50. The van der Waals surface area contributed by atoms with Gasteiger partial charge in [0.2, 0.25) is 0 Å². The Balaban J connectivity index is 1.74. The van der Waals surface area contributed by atoms with Gasteiger partial charge in [-0.05, 0) is 35.1 Å². The molecular weight excluding hydrogens is 380 g/mol. The first kappa shape index (κ1) is 19.6. The van der Waals surface area contributed by atoms with Crippen molar-refractivity contribution >= 4 is 17.2 Å². The summed E-state index contributed by atoms with van der Waals surface area (Å²) in [6, 6.07) is 29.3. The van der Waals surface area contributed by atoms with Crippen molar-refractivity contribution in [1.29, 1.82) is 0 Å². The molecule has 3 nitrogen and oxygen atoms in total. The molecule has 3 heteroatoms. The lowest BCUT2D eigenvalue weighted by Gasteiger charge is -2.38. The number of ketones is 1. The minimum absolute atomic E-state index is 0.0479. The van der Waals surface area contributed by atoms with Crippen molar-refractivity contribution in [3.8, 4) is 0 Å². The summed E-state index contributed by atoms with van der Waals surface area (Å²) in [6.45, 7) is 5.10. The van der Waals surface area contributed by atoms with Crippen LogP contribution in [0.1, 0.15) is 43.9 Å². The molecule has 156 valence electrons. The standard InChI is InChI=1S/C28H28N2O/c1-28(2)17-23-26(25(31)18-28)27(21-13-7-4-8-14-21)30(19-20-11-5-3-6-12-20)24-16-10-9-15-22(24)29-23/h3-16,27,29H,17-19H2,1-2H3/t27-/m1/s1. The van der Waals surface area contributed by atoms with E-state index >= 15 is 0 Å². The van der Waals surface area contributed by atoms with Gasteiger partial charge in [0, 0.05) is 24.2 Å². The number of benzene rings is 3. The monoisotopic (exact) mass is 408 g/mol. The van der Waals surface area contributed by atoms with Crippen LogP contribution in [0.25, 0.3) is 0 Å². The Hall–Kier alpha value is -3.33. The number of carbonyl (C=O) groups excluding carboxylic acids is 1. The SMILES string of the molecule is CC1(C)CC(=O)C2=C(C1)Nc1ccccc1N(Cc1ccccc1)[C@@H]2c1ccccc1. The minimum Gasteiger partial charge on any atom is -0.357 e. The Morgan fingerprint density at radius 3 is 2.26 bits per heavy atom. The highest BCUT2D eigenvalue weighted by molar-refractivity contribution is 6.01. The van der Waals surface area contributed by atoms with Crippen LogP contribution in [0.3, 0.4) is 0 Å². The average Bonchev–Trinajstić information content (AvgIpc) is 2.89. The normalized spacial score (nSPS) is 19.9. The second-order valence-corrected chi connectivity index (χ2v) is 9.40. The van der Waals surface area contributed by atoms with E-state index in [1.807, 2.05) is 12.1 Å². The molecule has 1 heterocycles. The molecule has 0 spiro atoms. The number of allylic oxidation sites excluding steroid dienone is 1. The van der Waals surface area contributed by atoms with Gasteiger partial charge in [0.1, 0.15) is 0 Å². The fourth-order valence-electron chi connectivity index (χ4n) is 4.99. The van der Waals surface area contributed by atoms with Crippen molar-refractivity contribution in [2.45, 2.75) is 39.3 Å². The largest absolute Gasteiger partial charge is 0.357 e. The van der Waals surface area contributed by atoms with E-state index < -0.39 is 0 Å². The van der Waals surface area contributed by atoms with E-state index in [0.717, 1.165) is 41.2 Å². The van der Waals surface area contributed by atoms with Crippen molar-refractivity contribution in [3.05, 3.63) is 107 Å². The quantitative estimate of drug-likeness (QED) is 0.537. The molecule has 0 amide bonds. The van der Waals surface area contributed by atoms with Crippen LogP contribution in [-0.2, 0) is 11.3 Å². The number of Topliss-reactive ketones (excluding diaryl/α,β-unsaturated/α-hetero) is 1. The van der Waals surface area contributed by atoms with Gasteiger partial charge in [0.25, 0.3) is 0 Å². The van der Waals surface area contributed by atoms with Crippen molar-refractivity contribution in [2.24, 2.45) is 5.41 Å². The molecule has 1 atom stereocenters. The average molecular weight is 409 g/mol. The molecule has 0 unspecified atom stereocenters. The van der Waals surface area contributed by atoms with Crippen molar-refractivity contribution < 1.29 is 4.79 Å². The molecule has 1 aliphatic carbocycles. The molecule has 1 aliphatic heterocycles. The Kier molecular flexibility index (Phi) is 4.90. The number of hydrogen-bond donors (Lipinski definition) is 1. The minimum atomic E-state index is -0.129.